The Bertz CT molecular complexity index is 941. The second-order valence-electron chi connectivity index (χ2n) is 6.10. The lowest BCUT2D eigenvalue weighted by Crippen LogP contribution is -2.11. The van der Waals surface area contributed by atoms with Crippen LogP contribution in [0, 0.1) is 24.0 Å². The Kier molecular flexibility index (Phi) is 6.18. The number of aryl methyl sites for hydroxylation is 2. The SMILES string of the molecule is CSc1ccc([C@H](C[N+](=O)[O-])Sc2nnc(C)n2-c2cccc(C)c2)cc1. The average Bonchev–Trinajstić information content (AvgIpc) is 3.01. The molecule has 0 aliphatic rings. The molecule has 2 aromatic carbocycles. The third kappa shape index (κ3) is 4.70. The van der Waals surface area contributed by atoms with Crippen molar-refractivity contribution in [2.24, 2.45) is 0 Å². The van der Waals surface area contributed by atoms with Gasteiger partial charge in [-0.25, -0.2) is 0 Å². The normalized spacial score (nSPS) is 12.1. The van der Waals surface area contributed by atoms with Gasteiger partial charge in [-0.2, -0.15) is 0 Å². The maximum Gasteiger partial charge on any atom is 0.220 e. The molecule has 27 heavy (non-hydrogen) atoms. The molecule has 3 rings (SSSR count). The minimum Gasteiger partial charge on any atom is -0.274 e. The predicted octanol–water partition coefficient (Wildman–Crippen LogP) is 4.72. The van der Waals surface area contributed by atoms with Crippen molar-refractivity contribution in [3.63, 3.8) is 0 Å². The van der Waals surface area contributed by atoms with Crippen molar-refractivity contribution in [2.75, 3.05) is 12.8 Å². The molecule has 1 aromatic heterocycles. The van der Waals surface area contributed by atoms with Gasteiger partial charge < -0.3 is 0 Å². The van der Waals surface area contributed by atoms with Gasteiger partial charge >= 0.3 is 0 Å². The third-order valence-electron chi connectivity index (χ3n) is 4.11. The highest BCUT2D eigenvalue weighted by Crippen LogP contribution is 2.36. The number of benzene rings is 2. The molecular weight excluding hydrogens is 380 g/mol. The minimum absolute atomic E-state index is 0.178. The van der Waals surface area contributed by atoms with E-state index >= 15 is 0 Å². The van der Waals surface area contributed by atoms with E-state index in [4.69, 9.17) is 0 Å². The van der Waals surface area contributed by atoms with Gasteiger partial charge in [-0.3, -0.25) is 14.7 Å². The largest absolute Gasteiger partial charge is 0.274 e. The molecular formula is C19H20N4O2S2. The van der Waals surface area contributed by atoms with Crippen molar-refractivity contribution in [1.29, 1.82) is 0 Å². The van der Waals surface area contributed by atoms with Crippen LogP contribution in [0.5, 0.6) is 0 Å². The minimum atomic E-state index is -0.344. The first kappa shape index (κ1) is 19.4. The Morgan fingerprint density at radius 3 is 2.52 bits per heavy atom. The van der Waals surface area contributed by atoms with Gasteiger partial charge in [0.05, 0.1) is 0 Å². The highest BCUT2D eigenvalue weighted by Gasteiger charge is 2.23. The lowest BCUT2D eigenvalue weighted by Gasteiger charge is -2.15. The Morgan fingerprint density at radius 2 is 1.89 bits per heavy atom. The molecule has 6 nitrogen and oxygen atoms in total. The average molecular weight is 401 g/mol. The first-order chi connectivity index (χ1) is 13.0. The molecule has 1 atom stereocenters. The van der Waals surface area contributed by atoms with Crippen molar-refractivity contribution in [3.8, 4) is 5.69 Å². The second kappa shape index (κ2) is 8.58. The topological polar surface area (TPSA) is 73.8 Å². The van der Waals surface area contributed by atoms with Crippen molar-refractivity contribution in [1.82, 2.24) is 14.8 Å². The van der Waals surface area contributed by atoms with Crippen LogP contribution in [0.1, 0.15) is 22.2 Å². The number of hydrogen-bond donors (Lipinski definition) is 0. The van der Waals surface area contributed by atoms with Gasteiger partial charge in [-0.15, -0.1) is 22.0 Å². The van der Waals surface area contributed by atoms with Gasteiger partial charge in [0, 0.05) is 15.5 Å². The van der Waals surface area contributed by atoms with Crippen LogP contribution in [0.2, 0.25) is 0 Å². The molecule has 0 amide bonds. The number of rotatable bonds is 7. The summed E-state index contributed by atoms with van der Waals surface area (Å²) >= 11 is 3.02. The Balaban J connectivity index is 1.95. The van der Waals surface area contributed by atoms with Gasteiger partial charge in [-0.1, -0.05) is 36.0 Å². The van der Waals surface area contributed by atoms with E-state index in [2.05, 4.69) is 16.3 Å². The molecule has 1 heterocycles. The van der Waals surface area contributed by atoms with Gasteiger partial charge in [0.1, 0.15) is 11.1 Å². The van der Waals surface area contributed by atoms with Gasteiger partial charge in [0.25, 0.3) is 0 Å². The van der Waals surface area contributed by atoms with Crippen molar-refractivity contribution >= 4 is 23.5 Å². The number of thioether (sulfide) groups is 2. The Labute approximate surface area is 166 Å². The number of nitro groups is 1. The molecule has 0 aliphatic carbocycles. The molecule has 8 heteroatoms. The van der Waals surface area contributed by atoms with E-state index in [0.29, 0.717) is 5.16 Å². The van der Waals surface area contributed by atoms with Gasteiger partial charge in [0.15, 0.2) is 5.16 Å². The monoisotopic (exact) mass is 400 g/mol. The van der Waals surface area contributed by atoms with E-state index in [1.54, 1.807) is 11.8 Å². The molecule has 0 bridgehead atoms. The molecule has 0 N–H and O–H groups in total. The van der Waals surface area contributed by atoms with Crippen LogP contribution in [-0.4, -0.2) is 32.5 Å². The van der Waals surface area contributed by atoms with Crippen molar-refractivity contribution in [2.45, 2.75) is 29.1 Å². The van der Waals surface area contributed by atoms with Gasteiger partial charge in [-0.05, 0) is 55.5 Å². The van der Waals surface area contributed by atoms with Crippen LogP contribution in [-0.2, 0) is 0 Å². The van der Waals surface area contributed by atoms with Gasteiger partial charge in [0.2, 0.25) is 6.54 Å². The van der Waals surface area contributed by atoms with E-state index in [1.165, 1.54) is 11.8 Å². The van der Waals surface area contributed by atoms with Crippen molar-refractivity contribution < 1.29 is 4.92 Å². The summed E-state index contributed by atoms with van der Waals surface area (Å²) in [7, 11) is 0. The highest BCUT2D eigenvalue weighted by atomic mass is 32.2. The van der Waals surface area contributed by atoms with E-state index in [-0.39, 0.29) is 16.7 Å². The molecule has 3 aromatic rings. The zero-order valence-corrected chi connectivity index (χ0v) is 17.0. The van der Waals surface area contributed by atoms with Crippen LogP contribution in [0.3, 0.4) is 0 Å². The number of nitrogens with zero attached hydrogens (tertiary/aromatic N) is 4. The first-order valence-electron chi connectivity index (χ1n) is 8.39. The summed E-state index contributed by atoms with van der Waals surface area (Å²) < 4.78 is 1.95. The van der Waals surface area contributed by atoms with E-state index in [0.717, 1.165) is 27.5 Å². The Morgan fingerprint density at radius 1 is 1.15 bits per heavy atom. The fourth-order valence-electron chi connectivity index (χ4n) is 2.78. The van der Waals surface area contributed by atoms with E-state index in [9.17, 15) is 10.1 Å². The van der Waals surface area contributed by atoms with Crippen LogP contribution >= 0.6 is 23.5 Å². The summed E-state index contributed by atoms with van der Waals surface area (Å²) in [4.78, 5) is 12.1. The molecule has 0 unspecified atom stereocenters. The zero-order valence-electron chi connectivity index (χ0n) is 15.3. The van der Waals surface area contributed by atoms with Crippen LogP contribution in [0.15, 0.2) is 58.6 Å². The molecule has 0 fully saturated rings. The first-order valence-corrected chi connectivity index (χ1v) is 10.5. The van der Waals surface area contributed by atoms with E-state index < -0.39 is 0 Å². The molecule has 0 saturated carbocycles. The van der Waals surface area contributed by atoms with E-state index in [1.807, 2.05) is 67.1 Å². The highest BCUT2D eigenvalue weighted by molar-refractivity contribution is 7.99. The maximum absolute atomic E-state index is 11.2. The second-order valence-corrected chi connectivity index (χ2v) is 8.15. The quantitative estimate of drug-likeness (QED) is 0.325. The van der Waals surface area contributed by atoms with Crippen molar-refractivity contribution in [3.05, 3.63) is 75.6 Å². The third-order valence-corrected chi connectivity index (χ3v) is 6.03. The summed E-state index contributed by atoms with van der Waals surface area (Å²) in [5.41, 5.74) is 2.99. The Hall–Kier alpha value is -2.32. The predicted molar refractivity (Wildman–Crippen MR) is 110 cm³/mol. The smallest absolute Gasteiger partial charge is 0.220 e. The molecule has 0 aliphatic heterocycles. The zero-order chi connectivity index (χ0) is 19.4. The molecule has 0 saturated heterocycles. The summed E-state index contributed by atoms with van der Waals surface area (Å²) in [6.07, 6.45) is 2.01. The fraction of sp³-hybridized carbons (Fsp3) is 0.263. The molecule has 0 spiro atoms. The standard InChI is InChI=1S/C19H20N4O2S2/c1-13-5-4-6-16(11-13)23-14(2)20-21-19(23)27-18(12-22(24)25)15-7-9-17(26-3)10-8-15/h4-11,18H,12H2,1-3H3/t18-/m0/s1. The summed E-state index contributed by atoms with van der Waals surface area (Å²) in [5.74, 6) is 0.751. The lowest BCUT2D eigenvalue weighted by molar-refractivity contribution is -0.479. The molecule has 0 radical (unpaired) electrons. The summed E-state index contributed by atoms with van der Waals surface area (Å²) in [6, 6.07) is 15.9. The number of hydrogen-bond acceptors (Lipinski definition) is 6. The van der Waals surface area contributed by atoms with Crippen LogP contribution in [0.4, 0.5) is 0 Å². The number of aromatic nitrogens is 3. The lowest BCUT2D eigenvalue weighted by atomic mass is 10.1. The summed E-state index contributed by atoms with van der Waals surface area (Å²) in [5, 5.41) is 20.0. The molecule has 140 valence electrons. The maximum atomic E-state index is 11.2. The fourth-order valence-corrected chi connectivity index (χ4v) is 4.36. The van der Waals surface area contributed by atoms with Crippen LogP contribution in [0.25, 0.3) is 5.69 Å². The van der Waals surface area contributed by atoms with Crippen LogP contribution < -0.4 is 0 Å². The summed E-state index contributed by atoms with van der Waals surface area (Å²) in [6.45, 7) is 3.73.